The molecular weight excluding hydrogens is 250 g/mol. The first-order chi connectivity index (χ1) is 9.63. The predicted molar refractivity (Wildman–Crippen MR) is 83.2 cm³/mol. The van der Waals surface area contributed by atoms with Crippen molar-refractivity contribution in [1.29, 1.82) is 0 Å². The van der Waals surface area contributed by atoms with Gasteiger partial charge in [-0.05, 0) is 38.8 Å². The third-order valence-electron chi connectivity index (χ3n) is 3.56. The van der Waals surface area contributed by atoms with E-state index in [1.165, 1.54) is 18.4 Å². The van der Waals surface area contributed by atoms with Crippen molar-refractivity contribution in [3.8, 4) is 5.75 Å². The molecule has 0 aromatic heterocycles. The van der Waals surface area contributed by atoms with Crippen molar-refractivity contribution in [1.82, 2.24) is 5.32 Å². The highest BCUT2D eigenvalue weighted by Crippen LogP contribution is 2.20. The van der Waals surface area contributed by atoms with Gasteiger partial charge in [0.15, 0.2) is 5.96 Å². The molecule has 0 bridgehead atoms. The first-order valence-corrected chi connectivity index (χ1v) is 7.43. The van der Waals surface area contributed by atoms with Crippen LogP contribution in [0.5, 0.6) is 5.75 Å². The highest BCUT2D eigenvalue weighted by molar-refractivity contribution is 5.78. The molecule has 4 heteroatoms. The summed E-state index contributed by atoms with van der Waals surface area (Å²) in [5.74, 6) is 1.42. The number of aryl methyl sites for hydroxylation is 1. The molecule has 1 aliphatic carbocycles. The van der Waals surface area contributed by atoms with Gasteiger partial charge >= 0.3 is 0 Å². The molecule has 0 aliphatic heterocycles. The smallest absolute Gasteiger partial charge is 0.189 e. The van der Waals surface area contributed by atoms with Gasteiger partial charge in [-0.25, -0.2) is 0 Å². The molecule has 1 aromatic carbocycles. The van der Waals surface area contributed by atoms with Gasteiger partial charge in [0.2, 0.25) is 0 Å². The summed E-state index contributed by atoms with van der Waals surface area (Å²) in [5, 5.41) is 3.19. The van der Waals surface area contributed by atoms with Crippen LogP contribution in [0.15, 0.2) is 29.3 Å². The number of ether oxygens (including phenoxy) is 1. The van der Waals surface area contributed by atoms with E-state index in [1.807, 2.05) is 31.2 Å². The SMILES string of the molecule is Cc1ccc(OCC(C)NC(N)=NC2CCCC2)cc1. The molecule has 0 heterocycles. The summed E-state index contributed by atoms with van der Waals surface area (Å²) in [4.78, 5) is 4.51. The van der Waals surface area contributed by atoms with Crippen molar-refractivity contribution in [2.75, 3.05) is 6.61 Å². The van der Waals surface area contributed by atoms with Crippen LogP contribution in [-0.2, 0) is 0 Å². The van der Waals surface area contributed by atoms with Gasteiger partial charge in [0.05, 0.1) is 12.1 Å². The van der Waals surface area contributed by atoms with Crippen LogP contribution in [0.1, 0.15) is 38.2 Å². The van der Waals surface area contributed by atoms with Gasteiger partial charge in [-0.1, -0.05) is 30.5 Å². The van der Waals surface area contributed by atoms with E-state index in [0.717, 1.165) is 18.6 Å². The van der Waals surface area contributed by atoms with Crippen molar-refractivity contribution >= 4 is 5.96 Å². The molecule has 0 saturated heterocycles. The van der Waals surface area contributed by atoms with Crippen LogP contribution in [0.3, 0.4) is 0 Å². The van der Waals surface area contributed by atoms with Gasteiger partial charge in [-0.15, -0.1) is 0 Å². The average molecular weight is 275 g/mol. The zero-order valence-electron chi connectivity index (χ0n) is 12.4. The molecule has 1 atom stereocenters. The minimum Gasteiger partial charge on any atom is -0.491 e. The summed E-state index contributed by atoms with van der Waals surface area (Å²) in [6.07, 6.45) is 4.87. The largest absolute Gasteiger partial charge is 0.491 e. The minimum absolute atomic E-state index is 0.140. The Hall–Kier alpha value is -1.71. The fraction of sp³-hybridized carbons (Fsp3) is 0.562. The number of aliphatic imine (C=N–C) groups is 1. The maximum absolute atomic E-state index is 5.93. The van der Waals surface area contributed by atoms with Crippen molar-refractivity contribution in [2.24, 2.45) is 10.7 Å². The minimum atomic E-state index is 0.140. The molecule has 0 radical (unpaired) electrons. The molecule has 2 rings (SSSR count). The number of nitrogens with one attached hydrogen (secondary N) is 1. The van der Waals surface area contributed by atoms with Crippen LogP contribution in [0.25, 0.3) is 0 Å². The fourth-order valence-electron chi connectivity index (χ4n) is 2.42. The van der Waals surface area contributed by atoms with Gasteiger partial charge in [0.25, 0.3) is 0 Å². The molecule has 0 spiro atoms. The molecule has 1 fully saturated rings. The standard InChI is InChI=1S/C16H25N3O/c1-12-7-9-15(10-8-12)20-11-13(2)18-16(17)19-14-5-3-4-6-14/h7-10,13-14H,3-6,11H2,1-2H3,(H3,17,18,19). The summed E-state index contributed by atoms with van der Waals surface area (Å²) in [6.45, 7) is 4.68. The fourth-order valence-corrected chi connectivity index (χ4v) is 2.42. The van der Waals surface area contributed by atoms with Crippen molar-refractivity contribution in [2.45, 2.75) is 51.6 Å². The summed E-state index contributed by atoms with van der Waals surface area (Å²) in [6, 6.07) is 8.61. The molecule has 1 aromatic rings. The van der Waals surface area contributed by atoms with E-state index >= 15 is 0 Å². The molecule has 3 N–H and O–H groups in total. The number of rotatable bonds is 5. The Labute approximate surface area is 121 Å². The van der Waals surface area contributed by atoms with Crippen LogP contribution < -0.4 is 15.8 Å². The first-order valence-electron chi connectivity index (χ1n) is 7.43. The van der Waals surface area contributed by atoms with E-state index in [-0.39, 0.29) is 6.04 Å². The monoisotopic (exact) mass is 275 g/mol. The number of guanidine groups is 1. The van der Waals surface area contributed by atoms with E-state index in [1.54, 1.807) is 0 Å². The quantitative estimate of drug-likeness (QED) is 0.641. The second kappa shape index (κ2) is 7.17. The molecule has 1 unspecified atom stereocenters. The zero-order valence-corrected chi connectivity index (χ0v) is 12.4. The van der Waals surface area contributed by atoms with Gasteiger partial charge in [0, 0.05) is 0 Å². The molecule has 1 saturated carbocycles. The molecule has 0 amide bonds. The molecule has 4 nitrogen and oxygen atoms in total. The second-order valence-corrected chi connectivity index (χ2v) is 5.62. The maximum atomic E-state index is 5.93. The Bertz CT molecular complexity index is 436. The molecule has 110 valence electrons. The zero-order chi connectivity index (χ0) is 14.4. The third kappa shape index (κ3) is 4.76. The lowest BCUT2D eigenvalue weighted by molar-refractivity contribution is 0.286. The Kier molecular flexibility index (Phi) is 5.27. The Balaban J connectivity index is 1.74. The highest BCUT2D eigenvalue weighted by atomic mass is 16.5. The number of nitrogens with zero attached hydrogens (tertiary/aromatic N) is 1. The van der Waals surface area contributed by atoms with Crippen molar-refractivity contribution in [3.05, 3.63) is 29.8 Å². The van der Waals surface area contributed by atoms with E-state index in [9.17, 15) is 0 Å². The van der Waals surface area contributed by atoms with Crippen LogP contribution in [0.4, 0.5) is 0 Å². The van der Waals surface area contributed by atoms with Crippen molar-refractivity contribution in [3.63, 3.8) is 0 Å². The maximum Gasteiger partial charge on any atom is 0.189 e. The van der Waals surface area contributed by atoms with E-state index in [2.05, 4.69) is 17.2 Å². The Morgan fingerprint density at radius 2 is 2.00 bits per heavy atom. The molecular formula is C16H25N3O. The highest BCUT2D eigenvalue weighted by Gasteiger charge is 2.14. The van der Waals surface area contributed by atoms with Crippen LogP contribution in [0.2, 0.25) is 0 Å². The van der Waals surface area contributed by atoms with Crippen LogP contribution >= 0.6 is 0 Å². The summed E-state index contributed by atoms with van der Waals surface area (Å²) < 4.78 is 5.72. The van der Waals surface area contributed by atoms with E-state index < -0.39 is 0 Å². The lowest BCUT2D eigenvalue weighted by atomic mass is 10.2. The summed E-state index contributed by atoms with van der Waals surface area (Å²) in [7, 11) is 0. The molecule has 1 aliphatic rings. The van der Waals surface area contributed by atoms with Crippen molar-refractivity contribution < 1.29 is 4.74 Å². The second-order valence-electron chi connectivity index (χ2n) is 5.62. The topological polar surface area (TPSA) is 59.6 Å². The van der Waals surface area contributed by atoms with Crippen LogP contribution in [0, 0.1) is 6.92 Å². The third-order valence-corrected chi connectivity index (χ3v) is 3.56. The number of hydrogen-bond donors (Lipinski definition) is 2. The summed E-state index contributed by atoms with van der Waals surface area (Å²) in [5.41, 5.74) is 7.16. The van der Waals surface area contributed by atoms with Gasteiger partial charge in [-0.3, -0.25) is 4.99 Å². The van der Waals surface area contributed by atoms with E-state index in [0.29, 0.717) is 18.6 Å². The normalized spacial score (nSPS) is 18.0. The predicted octanol–water partition coefficient (Wildman–Crippen LogP) is 2.61. The summed E-state index contributed by atoms with van der Waals surface area (Å²) >= 11 is 0. The van der Waals surface area contributed by atoms with Gasteiger partial charge < -0.3 is 15.8 Å². The lowest BCUT2D eigenvalue weighted by Crippen LogP contribution is -2.42. The first kappa shape index (κ1) is 14.7. The molecule has 20 heavy (non-hydrogen) atoms. The van der Waals surface area contributed by atoms with E-state index in [4.69, 9.17) is 10.5 Å². The van der Waals surface area contributed by atoms with Gasteiger partial charge in [-0.2, -0.15) is 0 Å². The van der Waals surface area contributed by atoms with Crippen LogP contribution in [-0.4, -0.2) is 24.7 Å². The number of nitrogens with two attached hydrogens (primary N) is 1. The number of benzene rings is 1. The Morgan fingerprint density at radius 1 is 1.35 bits per heavy atom. The lowest BCUT2D eigenvalue weighted by Gasteiger charge is -2.16. The number of hydrogen-bond acceptors (Lipinski definition) is 2. The Morgan fingerprint density at radius 3 is 2.65 bits per heavy atom. The van der Waals surface area contributed by atoms with Gasteiger partial charge in [0.1, 0.15) is 12.4 Å². The average Bonchev–Trinajstić information content (AvgIpc) is 2.90.